The van der Waals surface area contributed by atoms with Gasteiger partial charge in [-0.2, -0.15) is 0 Å². The molecule has 1 N–H and O–H groups in total. The Labute approximate surface area is 87.4 Å². The molecule has 0 atom stereocenters. The summed E-state index contributed by atoms with van der Waals surface area (Å²) in [5.74, 6) is 0. The zero-order chi connectivity index (χ0) is 10.0. The highest BCUT2D eigenvalue weighted by molar-refractivity contribution is 4.96. The first-order chi connectivity index (χ1) is 6.78. The fourth-order valence-corrected chi connectivity index (χ4v) is 2.51. The van der Waals surface area contributed by atoms with Crippen LogP contribution in [0.15, 0.2) is 0 Å². The number of ether oxygens (including phenoxy) is 1. The van der Waals surface area contributed by atoms with Crippen LogP contribution in [-0.2, 0) is 4.74 Å². The van der Waals surface area contributed by atoms with Crippen molar-refractivity contribution >= 4 is 0 Å². The Morgan fingerprint density at radius 2 is 2.07 bits per heavy atom. The molecule has 2 aliphatic rings. The lowest BCUT2D eigenvalue weighted by Crippen LogP contribution is -2.46. The molecule has 2 rings (SSSR count). The maximum Gasteiger partial charge on any atom is 0.0601 e. The van der Waals surface area contributed by atoms with Crippen LogP contribution >= 0.6 is 0 Å². The lowest BCUT2D eigenvalue weighted by Gasteiger charge is -2.35. The first-order valence-electron chi connectivity index (χ1n) is 6.04. The molecule has 0 aliphatic heterocycles. The van der Waals surface area contributed by atoms with Gasteiger partial charge in [-0.15, -0.1) is 0 Å². The lowest BCUT2D eigenvalue weighted by molar-refractivity contribution is 0.0160. The SMILES string of the molecule is CCCC1(CNC2CC(OC)C2)CC1. The average molecular weight is 197 g/mol. The first kappa shape index (κ1) is 10.4. The summed E-state index contributed by atoms with van der Waals surface area (Å²) in [5.41, 5.74) is 0.701. The molecule has 0 saturated heterocycles. The van der Waals surface area contributed by atoms with E-state index < -0.39 is 0 Å². The number of hydrogen-bond acceptors (Lipinski definition) is 2. The fourth-order valence-electron chi connectivity index (χ4n) is 2.51. The van der Waals surface area contributed by atoms with Gasteiger partial charge in [0, 0.05) is 19.7 Å². The summed E-state index contributed by atoms with van der Waals surface area (Å²) in [7, 11) is 1.82. The van der Waals surface area contributed by atoms with Gasteiger partial charge < -0.3 is 10.1 Å². The summed E-state index contributed by atoms with van der Waals surface area (Å²) in [5, 5.41) is 3.69. The summed E-state index contributed by atoms with van der Waals surface area (Å²) >= 11 is 0. The molecule has 0 aromatic rings. The van der Waals surface area contributed by atoms with Crippen molar-refractivity contribution in [3.05, 3.63) is 0 Å². The van der Waals surface area contributed by atoms with E-state index in [-0.39, 0.29) is 0 Å². The smallest absolute Gasteiger partial charge is 0.0601 e. The van der Waals surface area contributed by atoms with E-state index in [4.69, 9.17) is 4.74 Å². The highest BCUT2D eigenvalue weighted by Crippen LogP contribution is 2.49. The van der Waals surface area contributed by atoms with Gasteiger partial charge >= 0.3 is 0 Å². The van der Waals surface area contributed by atoms with Gasteiger partial charge in [0.1, 0.15) is 0 Å². The Kier molecular flexibility index (Phi) is 3.13. The second-order valence-corrected chi connectivity index (χ2v) is 5.16. The molecule has 0 spiro atoms. The van der Waals surface area contributed by atoms with E-state index in [0.29, 0.717) is 11.5 Å². The number of methoxy groups -OCH3 is 1. The summed E-state index contributed by atoms with van der Waals surface area (Å²) in [6.07, 6.45) is 8.64. The van der Waals surface area contributed by atoms with Crippen molar-refractivity contribution in [3.8, 4) is 0 Å². The van der Waals surface area contributed by atoms with E-state index >= 15 is 0 Å². The van der Waals surface area contributed by atoms with Crippen LogP contribution in [0.5, 0.6) is 0 Å². The Balaban J connectivity index is 1.59. The van der Waals surface area contributed by atoms with Crippen molar-refractivity contribution in [2.24, 2.45) is 5.41 Å². The molecule has 0 heterocycles. The summed E-state index contributed by atoms with van der Waals surface area (Å²) in [4.78, 5) is 0. The second-order valence-electron chi connectivity index (χ2n) is 5.16. The Hall–Kier alpha value is -0.0800. The highest BCUT2D eigenvalue weighted by atomic mass is 16.5. The molecular weight excluding hydrogens is 174 g/mol. The number of nitrogens with one attached hydrogen (secondary N) is 1. The molecule has 82 valence electrons. The highest BCUT2D eigenvalue weighted by Gasteiger charge is 2.42. The standard InChI is InChI=1S/C12H23NO/c1-3-4-12(5-6-12)9-13-10-7-11(8-10)14-2/h10-11,13H,3-9H2,1-2H3. The van der Waals surface area contributed by atoms with Gasteiger partial charge in [0.05, 0.1) is 6.10 Å². The molecular formula is C12H23NO. The third-order valence-electron chi connectivity index (χ3n) is 3.93. The van der Waals surface area contributed by atoms with Crippen LogP contribution in [0, 0.1) is 5.41 Å². The van der Waals surface area contributed by atoms with Crippen LogP contribution in [0.2, 0.25) is 0 Å². The first-order valence-corrected chi connectivity index (χ1v) is 6.04. The van der Waals surface area contributed by atoms with Crippen LogP contribution in [0.1, 0.15) is 45.4 Å². The third-order valence-corrected chi connectivity index (χ3v) is 3.93. The van der Waals surface area contributed by atoms with Crippen LogP contribution in [0.3, 0.4) is 0 Å². The minimum absolute atomic E-state index is 0.536. The van der Waals surface area contributed by atoms with Gasteiger partial charge in [0.25, 0.3) is 0 Å². The normalized spacial score (nSPS) is 33.9. The molecule has 0 bridgehead atoms. The second kappa shape index (κ2) is 4.19. The largest absolute Gasteiger partial charge is 0.381 e. The maximum absolute atomic E-state index is 5.27. The van der Waals surface area contributed by atoms with Crippen molar-refractivity contribution in [2.45, 2.75) is 57.6 Å². The van der Waals surface area contributed by atoms with E-state index in [1.165, 1.54) is 45.1 Å². The Bertz CT molecular complexity index is 183. The molecule has 2 aliphatic carbocycles. The van der Waals surface area contributed by atoms with Crippen LogP contribution in [0.4, 0.5) is 0 Å². The molecule has 2 heteroatoms. The van der Waals surface area contributed by atoms with E-state index in [9.17, 15) is 0 Å². The zero-order valence-electron chi connectivity index (χ0n) is 9.51. The minimum atomic E-state index is 0.536. The van der Waals surface area contributed by atoms with E-state index in [0.717, 1.165) is 6.04 Å². The lowest BCUT2D eigenvalue weighted by atomic mass is 9.88. The van der Waals surface area contributed by atoms with E-state index in [1.54, 1.807) is 0 Å². The molecule has 0 aromatic heterocycles. The number of hydrogen-bond donors (Lipinski definition) is 1. The van der Waals surface area contributed by atoms with Crippen molar-refractivity contribution in [1.29, 1.82) is 0 Å². The van der Waals surface area contributed by atoms with Crippen molar-refractivity contribution in [2.75, 3.05) is 13.7 Å². The van der Waals surface area contributed by atoms with Gasteiger partial charge in [-0.1, -0.05) is 13.3 Å². The van der Waals surface area contributed by atoms with Crippen molar-refractivity contribution < 1.29 is 4.74 Å². The molecule has 14 heavy (non-hydrogen) atoms. The molecule has 0 aromatic carbocycles. The zero-order valence-corrected chi connectivity index (χ0v) is 9.51. The van der Waals surface area contributed by atoms with Crippen LogP contribution < -0.4 is 5.32 Å². The fraction of sp³-hybridized carbons (Fsp3) is 1.00. The van der Waals surface area contributed by atoms with Crippen LogP contribution in [0.25, 0.3) is 0 Å². The molecule has 2 nitrogen and oxygen atoms in total. The summed E-state index contributed by atoms with van der Waals surface area (Å²) < 4.78 is 5.27. The monoisotopic (exact) mass is 197 g/mol. The van der Waals surface area contributed by atoms with Crippen LogP contribution in [-0.4, -0.2) is 25.8 Å². The van der Waals surface area contributed by atoms with Gasteiger partial charge in [0.2, 0.25) is 0 Å². The molecule has 2 fully saturated rings. The van der Waals surface area contributed by atoms with Gasteiger partial charge in [0.15, 0.2) is 0 Å². The van der Waals surface area contributed by atoms with Crippen molar-refractivity contribution in [1.82, 2.24) is 5.32 Å². The number of rotatable bonds is 6. The predicted molar refractivity (Wildman–Crippen MR) is 58.4 cm³/mol. The summed E-state index contributed by atoms with van der Waals surface area (Å²) in [6, 6.07) is 0.745. The molecule has 0 amide bonds. The van der Waals surface area contributed by atoms with Gasteiger partial charge in [-0.05, 0) is 37.5 Å². The topological polar surface area (TPSA) is 21.3 Å². The Morgan fingerprint density at radius 1 is 1.36 bits per heavy atom. The molecule has 2 saturated carbocycles. The average Bonchev–Trinajstić information content (AvgIpc) is 2.84. The van der Waals surface area contributed by atoms with Gasteiger partial charge in [-0.25, -0.2) is 0 Å². The predicted octanol–water partition coefficient (Wildman–Crippen LogP) is 2.33. The Morgan fingerprint density at radius 3 is 2.57 bits per heavy atom. The third kappa shape index (κ3) is 2.29. The van der Waals surface area contributed by atoms with E-state index in [2.05, 4.69) is 12.2 Å². The molecule has 0 unspecified atom stereocenters. The minimum Gasteiger partial charge on any atom is -0.381 e. The maximum atomic E-state index is 5.27. The van der Waals surface area contributed by atoms with Gasteiger partial charge in [-0.3, -0.25) is 0 Å². The summed E-state index contributed by atoms with van der Waals surface area (Å²) in [6.45, 7) is 3.55. The van der Waals surface area contributed by atoms with E-state index in [1.807, 2.05) is 7.11 Å². The van der Waals surface area contributed by atoms with Crippen molar-refractivity contribution in [3.63, 3.8) is 0 Å². The quantitative estimate of drug-likeness (QED) is 0.705. The molecule has 0 radical (unpaired) electrons.